The van der Waals surface area contributed by atoms with Gasteiger partial charge in [-0.05, 0) is 49.9 Å². The van der Waals surface area contributed by atoms with Crippen LogP contribution in [0.15, 0.2) is 24.3 Å². The molecule has 0 spiro atoms. The van der Waals surface area contributed by atoms with Crippen molar-refractivity contribution in [3.8, 4) is 5.75 Å². The molecule has 5 nitrogen and oxygen atoms in total. The number of carbonyl (C=O) groups is 1. The van der Waals surface area contributed by atoms with E-state index in [1.165, 1.54) is 5.69 Å². The van der Waals surface area contributed by atoms with E-state index in [9.17, 15) is 4.79 Å². The second kappa shape index (κ2) is 7.21. The lowest BCUT2D eigenvalue weighted by molar-refractivity contribution is -0.135. The molecule has 1 saturated carbocycles. The van der Waals surface area contributed by atoms with Gasteiger partial charge in [-0.3, -0.25) is 4.79 Å². The summed E-state index contributed by atoms with van der Waals surface area (Å²) in [6.07, 6.45) is 3.81. The van der Waals surface area contributed by atoms with Crippen molar-refractivity contribution in [3.05, 3.63) is 24.3 Å². The summed E-state index contributed by atoms with van der Waals surface area (Å²) in [6, 6.07) is 8.37. The summed E-state index contributed by atoms with van der Waals surface area (Å²) in [6.45, 7) is 3.53. The van der Waals surface area contributed by atoms with Gasteiger partial charge in [-0.15, -0.1) is 0 Å². The quantitative estimate of drug-likeness (QED) is 0.924. The number of amides is 1. The number of anilines is 1. The molecular formula is C18H27N3O2. The average Bonchev–Trinajstić information content (AvgIpc) is 2.87. The largest absolute Gasteiger partial charge is 0.497 e. The maximum absolute atomic E-state index is 12.7. The van der Waals surface area contributed by atoms with Crippen LogP contribution in [0, 0.1) is 5.92 Å². The molecule has 0 aromatic heterocycles. The summed E-state index contributed by atoms with van der Waals surface area (Å²) < 4.78 is 5.21. The molecule has 0 radical (unpaired) electrons. The minimum atomic E-state index is 0.150. The summed E-state index contributed by atoms with van der Waals surface area (Å²) in [5.41, 5.74) is 7.15. The van der Waals surface area contributed by atoms with Crippen LogP contribution < -0.4 is 15.4 Å². The zero-order chi connectivity index (χ0) is 16.2. The van der Waals surface area contributed by atoms with E-state index in [2.05, 4.69) is 17.0 Å². The maximum atomic E-state index is 12.7. The standard InChI is InChI=1S/C18H27N3O2/c1-23-17-7-5-16(6-8-17)20-9-2-10-21(12-11-20)18(22)14-3-4-15(19)13-14/h5-8,14-15H,2-4,9-13,19H2,1H3/t14-,15-/m1/s1. The van der Waals surface area contributed by atoms with Gasteiger partial charge < -0.3 is 20.3 Å². The zero-order valence-electron chi connectivity index (χ0n) is 13.9. The minimum Gasteiger partial charge on any atom is -0.497 e. The van der Waals surface area contributed by atoms with Crippen molar-refractivity contribution in [1.82, 2.24) is 4.90 Å². The SMILES string of the molecule is COc1ccc(N2CCCN(C(=O)[C@@H]3CC[C@@H](N)C3)CC2)cc1. The molecule has 126 valence electrons. The van der Waals surface area contributed by atoms with Crippen molar-refractivity contribution in [2.45, 2.75) is 31.7 Å². The van der Waals surface area contributed by atoms with Crippen molar-refractivity contribution >= 4 is 11.6 Å². The predicted molar refractivity (Wildman–Crippen MR) is 91.7 cm³/mol. The van der Waals surface area contributed by atoms with Gasteiger partial charge in [0.2, 0.25) is 5.91 Å². The summed E-state index contributed by atoms with van der Waals surface area (Å²) >= 11 is 0. The van der Waals surface area contributed by atoms with Crippen molar-refractivity contribution in [3.63, 3.8) is 0 Å². The van der Waals surface area contributed by atoms with E-state index in [1.54, 1.807) is 7.11 Å². The number of carbonyl (C=O) groups excluding carboxylic acids is 1. The second-order valence-electron chi connectivity index (χ2n) is 6.63. The fraction of sp³-hybridized carbons (Fsp3) is 0.611. The number of ether oxygens (including phenoxy) is 1. The molecule has 2 atom stereocenters. The lowest BCUT2D eigenvalue weighted by atomic mass is 10.1. The lowest BCUT2D eigenvalue weighted by Crippen LogP contribution is -2.38. The number of nitrogens with two attached hydrogens (primary N) is 1. The van der Waals surface area contributed by atoms with Gasteiger partial charge in [-0.1, -0.05) is 0 Å². The number of rotatable bonds is 3. The van der Waals surface area contributed by atoms with Crippen LogP contribution in [-0.4, -0.2) is 50.1 Å². The van der Waals surface area contributed by atoms with E-state index in [0.717, 1.165) is 57.6 Å². The summed E-state index contributed by atoms with van der Waals surface area (Å²) in [5.74, 6) is 1.34. The Morgan fingerprint density at radius 2 is 1.91 bits per heavy atom. The maximum Gasteiger partial charge on any atom is 0.225 e. The third-order valence-corrected chi connectivity index (χ3v) is 5.07. The molecule has 1 aliphatic carbocycles. The number of methoxy groups -OCH3 is 1. The van der Waals surface area contributed by atoms with Gasteiger partial charge in [0.15, 0.2) is 0 Å². The van der Waals surface area contributed by atoms with E-state index in [0.29, 0.717) is 5.91 Å². The normalized spacial score (nSPS) is 25.3. The summed E-state index contributed by atoms with van der Waals surface area (Å²) in [7, 11) is 1.68. The molecule has 0 unspecified atom stereocenters. The highest BCUT2D eigenvalue weighted by Gasteiger charge is 2.31. The molecule has 1 aromatic carbocycles. The smallest absolute Gasteiger partial charge is 0.225 e. The Hall–Kier alpha value is -1.75. The Labute approximate surface area is 138 Å². The highest BCUT2D eigenvalue weighted by Crippen LogP contribution is 2.27. The Kier molecular flexibility index (Phi) is 5.06. The molecule has 2 fully saturated rings. The van der Waals surface area contributed by atoms with Gasteiger partial charge in [0.1, 0.15) is 5.75 Å². The van der Waals surface area contributed by atoms with Crippen molar-refractivity contribution in [2.24, 2.45) is 11.7 Å². The third kappa shape index (κ3) is 3.78. The van der Waals surface area contributed by atoms with Crippen LogP contribution in [0.1, 0.15) is 25.7 Å². The van der Waals surface area contributed by atoms with Crippen LogP contribution >= 0.6 is 0 Å². The first-order chi connectivity index (χ1) is 11.2. The van der Waals surface area contributed by atoms with Crippen molar-refractivity contribution in [2.75, 3.05) is 38.2 Å². The van der Waals surface area contributed by atoms with Crippen LogP contribution in [-0.2, 0) is 4.79 Å². The first kappa shape index (κ1) is 16.1. The fourth-order valence-corrected chi connectivity index (χ4v) is 3.69. The summed E-state index contributed by atoms with van der Waals surface area (Å²) in [5, 5.41) is 0. The molecule has 5 heteroatoms. The van der Waals surface area contributed by atoms with Gasteiger partial charge in [0, 0.05) is 43.8 Å². The van der Waals surface area contributed by atoms with Crippen LogP contribution in [0.2, 0.25) is 0 Å². The molecule has 2 N–H and O–H groups in total. The van der Waals surface area contributed by atoms with Crippen LogP contribution in [0.5, 0.6) is 5.75 Å². The highest BCUT2D eigenvalue weighted by molar-refractivity contribution is 5.79. The Morgan fingerprint density at radius 1 is 1.13 bits per heavy atom. The molecule has 1 aromatic rings. The third-order valence-electron chi connectivity index (χ3n) is 5.07. The molecule has 1 aliphatic heterocycles. The first-order valence-corrected chi connectivity index (χ1v) is 8.60. The van der Waals surface area contributed by atoms with Gasteiger partial charge >= 0.3 is 0 Å². The van der Waals surface area contributed by atoms with E-state index in [4.69, 9.17) is 10.5 Å². The molecule has 1 amide bonds. The monoisotopic (exact) mass is 317 g/mol. The predicted octanol–water partition coefficient (Wildman–Crippen LogP) is 1.86. The van der Waals surface area contributed by atoms with Gasteiger partial charge in [-0.25, -0.2) is 0 Å². The van der Waals surface area contributed by atoms with Gasteiger partial charge in [-0.2, -0.15) is 0 Å². The van der Waals surface area contributed by atoms with E-state index < -0.39 is 0 Å². The highest BCUT2D eigenvalue weighted by atomic mass is 16.5. The van der Waals surface area contributed by atoms with E-state index in [-0.39, 0.29) is 12.0 Å². The number of nitrogens with zero attached hydrogens (tertiary/aromatic N) is 2. The number of hydrogen-bond acceptors (Lipinski definition) is 4. The molecule has 3 rings (SSSR count). The van der Waals surface area contributed by atoms with Crippen LogP contribution in [0.3, 0.4) is 0 Å². The van der Waals surface area contributed by atoms with Crippen molar-refractivity contribution in [1.29, 1.82) is 0 Å². The molecule has 1 heterocycles. The molecule has 2 aliphatic rings. The zero-order valence-corrected chi connectivity index (χ0v) is 13.9. The number of benzene rings is 1. The topological polar surface area (TPSA) is 58.8 Å². The van der Waals surface area contributed by atoms with E-state index in [1.807, 2.05) is 17.0 Å². The lowest BCUT2D eigenvalue weighted by Gasteiger charge is -2.25. The molecular weight excluding hydrogens is 290 g/mol. The molecule has 1 saturated heterocycles. The Morgan fingerprint density at radius 3 is 2.57 bits per heavy atom. The van der Waals surface area contributed by atoms with Crippen molar-refractivity contribution < 1.29 is 9.53 Å². The number of hydrogen-bond donors (Lipinski definition) is 1. The Balaban J connectivity index is 1.59. The molecule has 0 bridgehead atoms. The molecule has 23 heavy (non-hydrogen) atoms. The van der Waals surface area contributed by atoms with Gasteiger partial charge in [0.05, 0.1) is 7.11 Å². The van der Waals surface area contributed by atoms with E-state index >= 15 is 0 Å². The average molecular weight is 317 g/mol. The van der Waals surface area contributed by atoms with Crippen LogP contribution in [0.25, 0.3) is 0 Å². The first-order valence-electron chi connectivity index (χ1n) is 8.60. The summed E-state index contributed by atoms with van der Waals surface area (Å²) in [4.78, 5) is 17.1. The Bertz CT molecular complexity index is 532. The minimum absolute atomic E-state index is 0.150. The van der Waals surface area contributed by atoms with Gasteiger partial charge in [0.25, 0.3) is 0 Å². The van der Waals surface area contributed by atoms with Crippen LogP contribution in [0.4, 0.5) is 5.69 Å². The fourth-order valence-electron chi connectivity index (χ4n) is 3.69. The second-order valence-corrected chi connectivity index (χ2v) is 6.63.